The zero-order valence-corrected chi connectivity index (χ0v) is 13.9. The zero-order valence-electron chi connectivity index (χ0n) is 13.1. The molecule has 4 aromatic rings. The number of fused-ring (bicyclic) bond motifs is 2. The van der Waals surface area contributed by atoms with E-state index >= 15 is 0 Å². The van der Waals surface area contributed by atoms with E-state index < -0.39 is 11.7 Å². The van der Waals surface area contributed by atoms with Crippen molar-refractivity contribution in [3.8, 4) is 0 Å². The minimum atomic E-state index is -4.52. The average molecular weight is 376 g/mol. The number of nitrogens with one attached hydrogen (secondary N) is 1. The van der Waals surface area contributed by atoms with E-state index in [1.165, 1.54) is 28.0 Å². The molecule has 0 spiro atoms. The van der Waals surface area contributed by atoms with Crippen LogP contribution in [0.5, 0.6) is 0 Å². The quantitative estimate of drug-likeness (QED) is 0.590. The van der Waals surface area contributed by atoms with E-state index in [0.29, 0.717) is 4.88 Å². The largest absolute Gasteiger partial charge is 0.420 e. The Morgan fingerprint density at radius 2 is 1.96 bits per heavy atom. The molecule has 0 saturated carbocycles. The number of hydrogen-bond donors (Lipinski definition) is 1. The lowest BCUT2D eigenvalue weighted by atomic mass is 10.2. The molecule has 0 fully saturated rings. The van der Waals surface area contributed by atoms with Crippen LogP contribution in [0.2, 0.25) is 0 Å². The van der Waals surface area contributed by atoms with Crippen molar-refractivity contribution in [2.45, 2.75) is 12.7 Å². The predicted molar refractivity (Wildman–Crippen MR) is 91.0 cm³/mol. The van der Waals surface area contributed by atoms with Gasteiger partial charge >= 0.3 is 6.18 Å². The number of carbonyl (C=O) groups excluding carboxylic acids is 1. The van der Waals surface area contributed by atoms with Crippen molar-refractivity contribution in [2.24, 2.45) is 0 Å². The Labute approximate surface area is 149 Å². The average Bonchev–Trinajstić information content (AvgIpc) is 3.22. The van der Waals surface area contributed by atoms with E-state index in [9.17, 15) is 18.0 Å². The van der Waals surface area contributed by atoms with Crippen LogP contribution in [0.15, 0.2) is 48.7 Å². The number of aromatic nitrogens is 3. The lowest BCUT2D eigenvalue weighted by Gasteiger charge is -2.07. The van der Waals surface area contributed by atoms with Crippen LogP contribution in [0.3, 0.4) is 0 Å². The Morgan fingerprint density at radius 3 is 2.73 bits per heavy atom. The lowest BCUT2D eigenvalue weighted by molar-refractivity contribution is -0.136. The van der Waals surface area contributed by atoms with Crippen molar-refractivity contribution in [1.29, 1.82) is 0 Å². The van der Waals surface area contributed by atoms with Crippen LogP contribution in [-0.4, -0.2) is 20.5 Å². The smallest absolute Gasteiger partial charge is 0.344 e. The summed E-state index contributed by atoms with van der Waals surface area (Å²) in [5.74, 6) is -0.0875. The van der Waals surface area contributed by atoms with Crippen molar-refractivity contribution in [3.63, 3.8) is 0 Å². The molecule has 0 atom stereocenters. The number of carbonyl (C=O) groups is 1. The third kappa shape index (κ3) is 2.90. The fraction of sp³-hybridized carbons (Fsp3) is 0.118. The maximum Gasteiger partial charge on any atom is 0.420 e. The molecular formula is C17H11F3N4OS. The second kappa shape index (κ2) is 6.10. The zero-order chi connectivity index (χ0) is 18.3. The second-order valence-corrected chi connectivity index (χ2v) is 6.64. The van der Waals surface area contributed by atoms with Crippen molar-refractivity contribution in [1.82, 2.24) is 19.9 Å². The SMILES string of the molecule is O=C(NCc1nnc2c(C(F)(F)F)cccn12)c1cc2ccccc2s1. The van der Waals surface area contributed by atoms with Gasteiger partial charge in [0.25, 0.3) is 5.91 Å². The monoisotopic (exact) mass is 376 g/mol. The minimum Gasteiger partial charge on any atom is -0.344 e. The summed E-state index contributed by atoms with van der Waals surface area (Å²) in [6.07, 6.45) is -3.08. The van der Waals surface area contributed by atoms with E-state index in [0.717, 1.165) is 16.2 Å². The first-order valence-corrected chi connectivity index (χ1v) is 8.42. The normalized spacial score (nSPS) is 12.0. The van der Waals surface area contributed by atoms with Gasteiger partial charge in [-0.15, -0.1) is 21.5 Å². The molecule has 0 aliphatic heterocycles. The standard InChI is InChI=1S/C17H11F3N4OS/c18-17(19,20)11-5-3-7-24-14(22-23-15(11)24)9-21-16(25)13-8-10-4-1-2-6-12(10)26-13/h1-8H,9H2,(H,21,25). The summed E-state index contributed by atoms with van der Waals surface area (Å²) in [5, 5.41) is 11.0. The summed E-state index contributed by atoms with van der Waals surface area (Å²) in [7, 11) is 0. The second-order valence-electron chi connectivity index (χ2n) is 5.56. The summed E-state index contributed by atoms with van der Waals surface area (Å²) in [6.45, 7) is -0.0322. The number of benzene rings is 1. The molecule has 9 heteroatoms. The fourth-order valence-electron chi connectivity index (χ4n) is 2.65. The molecule has 1 aromatic carbocycles. The highest BCUT2D eigenvalue weighted by atomic mass is 32.1. The van der Waals surface area contributed by atoms with Gasteiger partial charge in [-0.2, -0.15) is 13.2 Å². The van der Waals surface area contributed by atoms with Gasteiger partial charge in [-0.25, -0.2) is 0 Å². The maximum atomic E-state index is 13.0. The molecule has 3 aromatic heterocycles. The third-order valence-electron chi connectivity index (χ3n) is 3.87. The number of alkyl halides is 3. The van der Waals surface area contributed by atoms with Gasteiger partial charge in [0.05, 0.1) is 11.4 Å². The number of hydrogen-bond acceptors (Lipinski definition) is 4. The summed E-state index contributed by atoms with van der Waals surface area (Å²) in [6, 6.07) is 11.6. The first-order chi connectivity index (χ1) is 12.4. The molecular weight excluding hydrogens is 365 g/mol. The number of thiophene rings is 1. The third-order valence-corrected chi connectivity index (χ3v) is 4.98. The molecule has 0 radical (unpaired) electrons. The Bertz CT molecular complexity index is 1080. The van der Waals surface area contributed by atoms with Crippen LogP contribution in [-0.2, 0) is 12.7 Å². The molecule has 0 aliphatic rings. The summed E-state index contributed by atoms with van der Waals surface area (Å²) < 4.78 is 41.3. The first kappa shape index (κ1) is 16.5. The van der Waals surface area contributed by atoms with Crippen LogP contribution < -0.4 is 5.32 Å². The summed E-state index contributed by atoms with van der Waals surface area (Å²) >= 11 is 1.35. The maximum absolute atomic E-state index is 13.0. The van der Waals surface area contributed by atoms with E-state index in [4.69, 9.17) is 0 Å². The Kier molecular flexibility index (Phi) is 3.87. The highest BCUT2D eigenvalue weighted by molar-refractivity contribution is 7.20. The number of amides is 1. The highest BCUT2D eigenvalue weighted by Gasteiger charge is 2.34. The molecule has 1 N–H and O–H groups in total. The summed E-state index contributed by atoms with van der Waals surface area (Å²) in [5.41, 5.74) is -1.15. The van der Waals surface area contributed by atoms with Crippen LogP contribution in [0.25, 0.3) is 15.7 Å². The Morgan fingerprint density at radius 1 is 1.15 bits per heavy atom. The molecule has 132 valence electrons. The van der Waals surface area contributed by atoms with E-state index in [1.54, 1.807) is 6.07 Å². The van der Waals surface area contributed by atoms with Gasteiger partial charge in [0, 0.05) is 10.9 Å². The van der Waals surface area contributed by atoms with Crippen molar-refractivity contribution in [3.05, 3.63) is 64.9 Å². The Balaban J connectivity index is 1.57. The molecule has 0 bridgehead atoms. The van der Waals surface area contributed by atoms with Gasteiger partial charge in [-0.3, -0.25) is 9.20 Å². The van der Waals surface area contributed by atoms with Crippen molar-refractivity contribution < 1.29 is 18.0 Å². The van der Waals surface area contributed by atoms with E-state index in [2.05, 4.69) is 15.5 Å². The fourth-order valence-corrected chi connectivity index (χ4v) is 3.62. The molecule has 26 heavy (non-hydrogen) atoms. The van der Waals surface area contributed by atoms with Crippen LogP contribution in [0, 0.1) is 0 Å². The van der Waals surface area contributed by atoms with Gasteiger partial charge in [0.15, 0.2) is 11.5 Å². The van der Waals surface area contributed by atoms with E-state index in [1.807, 2.05) is 24.3 Å². The molecule has 0 unspecified atom stereocenters. The number of halogens is 3. The molecule has 0 aliphatic carbocycles. The van der Waals surface area contributed by atoms with Crippen molar-refractivity contribution >= 4 is 33.0 Å². The van der Waals surface area contributed by atoms with Gasteiger partial charge in [-0.1, -0.05) is 18.2 Å². The van der Waals surface area contributed by atoms with Gasteiger partial charge in [0.2, 0.25) is 0 Å². The molecule has 4 rings (SSSR count). The van der Waals surface area contributed by atoms with E-state index in [-0.39, 0.29) is 23.9 Å². The number of rotatable bonds is 3. The van der Waals surface area contributed by atoms with Gasteiger partial charge < -0.3 is 5.32 Å². The van der Waals surface area contributed by atoms with Gasteiger partial charge in [-0.05, 0) is 29.7 Å². The minimum absolute atomic E-state index is 0.0322. The van der Waals surface area contributed by atoms with Crippen LogP contribution in [0.4, 0.5) is 13.2 Å². The van der Waals surface area contributed by atoms with Gasteiger partial charge in [0.1, 0.15) is 5.56 Å². The predicted octanol–water partition coefficient (Wildman–Crippen LogP) is 3.89. The molecule has 5 nitrogen and oxygen atoms in total. The molecule has 0 saturated heterocycles. The van der Waals surface area contributed by atoms with Crippen molar-refractivity contribution in [2.75, 3.05) is 0 Å². The highest BCUT2D eigenvalue weighted by Crippen LogP contribution is 2.31. The van der Waals surface area contributed by atoms with Crippen LogP contribution in [0.1, 0.15) is 21.1 Å². The topological polar surface area (TPSA) is 59.3 Å². The Hall–Kier alpha value is -2.94. The lowest BCUT2D eigenvalue weighted by Crippen LogP contribution is -2.23. The van der Waals surface area contributed by atoms with Crippen LogP contribution >= 0.6 is 11.3 Å². The first-order valence-electron chi connectivity index (χ1n) is 7.60. The number of pyridine rings is 1. The molecule has 3 heterocycles. The number of nitrogens with zero attached hydrogens (tertiary/aromatic N) is 3. The summed E-state index contributed by atoms with van der Waals surface area (Å²) in [4.78, 5) is 12.9. The molecule has 1 amide bonds.